The SMILES string of the molecule is COC(=O)Cn1c(=NC(=O)C(c2ccccc2)c2ccccc2)sc2cc(OC)c(OC)cc21. The fourth-order valence-corrected chi connectivity index (χ4v) is 4.80. The molecule has 34 heavy (non-hydrogen) atoms. The van der Waals surface area contributed by atoms with E-state index < -0.39 is 11.9 Å². The first-order chi connectivity index (χ1) is 16.5. The van der Waals surface area contributed by atoms with Crippen molar-refractivity contribution in [3.63, 3.8) is 0 Å². The van der Waals surface area contributed by atoms with Crippen molar-refractivity contribution in [2.24, 2.45) is 4.99 Å². The minimum absolute atomic E-state index is 0.0978. The van der Waals surface area contributed by atoms with Gasteiger partial charge in [-0.2, -0.15) is 4.99 Å². The molecule has 7 nitrogen and oxygen atoms in total. The van der Waals surface area contributed by atoms with Gasteiger partial charge in [0.2, 0.25) is 0 Å². The third-order valence-electron chi connectivity index (χ3n) is 5.42. The van der Waals surface area contributed by atoms with Gasteiger partial charge < -0.3 is 18.8 Å². The smallest absolute Gasteiger partial charge is 0.325 e. The molecule has 3 aromatic carbocycles. The quantitative estimate of drug-likeness (QED) is 0.375. The molecule has 0 atom stereocenters. The van der Waals surface area contributed by atoms with Crippen molar-refractivity contribution in [3.8, 4) is 11.5 Å². The summed E-state index contributed by atoms with van der Waals surface area (Å²) in [5, 5.41) is 0. The highest BCUT2D eigenvalue weighted by Gasteiger charge is 2.23. The Hall–Kier alpha value is -3.91. The van der Waals surface area contributed by atoms with Crippen LogP contribution in [-0.4, -0.2) is 37.8 Å². The van der Waals surface area contributed by atoms with Crippen LogP contribution in [0.5, 0.6) is 11.5 Å². The lowest BCUT2D eigenvalue weighted by molar-refractivity contribution is -0.141. The molecule has 8 heteroatoms. The number of carbonyl (C=O) groups is 2. The number of aromatic nitrogens is 1. The molecule has 0 aliphatic rings. The van der Waals surface area contributed by atoms with Crippen LogP contribution in [0.2, 0.25) is 0 Å². The van der Waals surface area contributed by atoms with E-state index in [1.165, 1.54) is 18.4 Å². The average molecular weight is 477 g/mol. The minimum atomic E-state index is -0.580. The number of esters is 1. The van der Waals surface area contributed by atoms with E-state index >= 15 is 0 Å². The largest absolute Gasteiger partial charge is 0.493 e. The van der Waals surface area contributed by atoms with Gasteiger partial charge in [0.1, 0.15) is 6.54 Å². The molecule has 0 bridgehead atoms. The Balaban J connectivity index is 1.90. The van der Waals surface area contributed by atoms with Crippen LogP contribution in [0.15, 0.2) is 77.8 Å². The van der Waals surface area contributed by atoms with Crippen molar-refractivity contribution >= 4 is 33.4 Å². The molecule has 0 saturated heterocycles. The van der Waals surface area contributed by atoms with Crippen molar-refractivity contribution in [2.75, 3.05) is 21.3 Å². The van der Waals surface area contributed by atoms with Crippen LogP contribution >= 0.6 is 11.3 Å². The number of methoxy groups -OCH3 is 3. The third-order valence-corrected chi connectivity index (χ3v) is 6.46. The van der Waals surface area contributed by atoms with Crippen LogP contribution in [0.25, 0.3) is 10.2 Å². The summed E-state index contributed by atoms with van der Waals surface area (Å²) in [4.78, 5) is 30.7. The molecule has 0 fully saturated rings. The van der Waals surface area contributed by atoms with Crippen molar-refractivity contribution in [2.45, 2.75) is 12.5 Å². The van der Waals surface area contributed by atoms with Crippen molar-refractivity contribution in [1.29, 1.82) is 0 Å². The highest BCUT2D eigenvalue weighted by atomic mass is 32.1. The maximum Gasteiger partial charge on any atom is 0.325 e. The number of fused-ring (bicyclic) bond motifs is 1. The zero-order valence-electron chi connectivity index (χ0n) is 19.1. The summed E-state index contributed by atoms with van der Waals surface area (Å²) >= 11 is 1.29. The van der Waals surface area contributed by atoms with Crippen molar-refractivity contribution in [1.82, 2.24) is 4.57 Å². The molecule has 1 aromatic heterocycles. The van der Waals surface area contributed by atoms with E-state index in [4.69, 9.17) is 14.2 Å². The van der Waals surface area contributed by atoms with E-state index in [0.29, 0.717) is 21.8 Å². The molecule has 0 radical (unpaired) electrons. The van der Waals surface area contributed by atoms with Crippen molar-refractivity contribution in [3.05, 3.63) is 88.7 Å². The Labute approximate surface area is 200 Å². The second-order valence-electron chi connectivity index (χ2n) is 7.43. The molecule has 0 aliphatic carbocycles. The number of carbonyl (C=O) groups excluding carboxylic acids is 2. The van der Waals surface area contributed by atoms with E-state index in [0.717, 1.165) is 15.8 Å². The van der Waals surface area contributed by atoms with Crippen LogP contribution < -0.4 is 14.3 Å². The first kappa shape index (κ1) is 23.3. The fraction of sp³-hybridized carbons (Fsp3) is 0.192. The van der Waals surface area contributed by atoms with Crippen LogP contribution in [0.3, 0.4) is 0 Å². The third kappa shape index (κ3) is 4.72. The Kier molecular flexibility index (Phi) is 7.08. The van der Waals surface area contributed by atoms with Gasteiger partial charge in [0.15, 0.2) is 16.3 Å². The Morgan fingerprint density at radius 1 is 0.882 bits per heavy atom. The number of hydrogen-bond donors (Lipinski definition) is 0. The molecule has 0 N–H and O–H groups in total. The van der Waals surface area contributed by atoms with E-state index in [-0.39, 0.29) is 12.5 Å². The molecule has 0 saturated carbocycles. The average Bonchev–Trinajstić information content (AvgIpc) is 3.19. The molecule has 4 rings (SSSR count). The lowest BCUT2D eigenvalue weighted by Crippen LogP contribution is -2.24. The second kappa shape index (κ2) is 10.4. The second-order valence-corrected chi connectivity index (χ2v) is 8.44. The number of rotatable bonds is 7. The lowest BCUT2D eigenvalue weighted by Gasteiger charge is -2.14. The van der Waals surface area contributed by atoms with E-state index in [1.807, 2.05) is 66.7 Å². The van der Waals surface area contributed by atoms with Gasteiger partial charge in [0.25, 0.3) is 5.91 Å². The van der Waals surface area contributed by atoms with Crippen LogP contribution in [-0.2, 0) is 20.9 Å². The molecule has 4 aromatic rings. The van der Waals surface area contributed by atoms with E-state index in [9.17, 15) is 9.59 Å². The monoisotopic (exact) mass is 476 g/mol. The van der Waals surface area contributed by atoms with E-state index in [1.54, 1.807) is 24.9 Å². The molecule has 0 aliphatic heterocycles. The van der Waals surface area contributed by atoms with Gasteiger partial charge >= 0.3 is 5.97 Å². The normalized spacial score (nSPS) is 11.6. The summed E-state index contributed by atoms with van der Waals surface area (Å²) < 4.78 is 18.2. The number of benzene rings is 3. The van der Waals surface area contributed by atoms with Crippen LogP contribution in [0.4, 0.5) is 0 Å². The van der Waals surface area contributed by atoms with Gasteiger partial charge in [0.05, 0.1) is 37.5 Å². The van der Waals surface area contributed by atoms with Gasteiger partial charge in [-0.1, -0.05) is 72.0 Å². The first-order valence-electron chi connectivity index (χ1n) is 10.6. The highest BCUT2D eigenvalue weighted by molar-refractivity contribution is 7.16. The summed E-state index contributed by atoms with van der Waals surface area (Å²) in [6.07, 6.45) is 0. The zero-order valence-corrected chi connectivity index (χ0v) is 19.9. The minimum Gasteiger partial charge on any atom is -0.493 e. The van der Waals surface area contributed by atoms with E-state index in [2.05, 4.69) is 4.99 Å². The van der Waals surface area contributed by atoms with Crippen molar-refractivity contribution < 1.29 is 23.8 Å². The molecular weight excluding hydrogens is 452 g/mol. The summed E-state index contributed by atoms with van der Waals surface area (Å²) in [5.41, 5.74) is 2.37. The maximum atomic E-state index is 13.6. The molecule has 0 unspecified atom stereocenters. The van der Waals surface area contributed by atoms with Gasteiger partial charge in [0, 0.05) is 12.1 Å². The first-order valence-corrected chi connectivity index (χ1v) is 11.4. The molecule has 174 valence electrons. The molecule has 0 spiro atoms. The Morgan fingerprint density at radius 3 is 1.97 bits per heavy atom. The Morgan fingerprint density at radius 2 is 1.44 bits per heavy atom. The van der Waals surface area contributed by atoms with Gasteiger partial charge in [-0.05, 0) is 11.1 Å². The van der Waals surface area contributed by atoms with Gasteiger partial charge in [-0.15, -0.1) is 0 Å². The predicted molar refractivity (Wildman–Crippen MR) is 130 cm³/mol. The Bertz CT molecular complexity index is 1340. The van der Waals surface area contributed by atoms with Gasteiger partial charge in [-0.3, -0.25) is 9.59 Å². The van der Waals surface area contributed by atoms with Crippen LogP contribution in [0, 0.1) is 0 Å². The number of nitrogens with zero attached hydrogens (tertiary/aromatic N) is 2. The highest BCUT2D eigenvalue weighted by Crippen LogP contribution is 2.33. The zero-order chi connectivity index (χ0) is 24.1. The number of ether oxygens (including phenoxy) is 3. The summed E-state index contributed by atoms with van der Waals surface area (Å²) in [6.45, 7) is -0.0978. The summed E-state index contributed by atoms with van der Waals surface area (Å²) in [5.74, 6) is -0.308. The lowest BCUT2D eigenvalue weighted by atomic mass is 9.91. The molecular formula is C26H24N2O5S. The standard InChI is InChI=1S/C26H24N2O5S/c1-31-20-14-19-22(15-21(20)32-2)34-26(28(19)16-23(29)33-3)27-25(30)24(17-10-6-4-7-11-17)18-12-8-5-9-13-18/h4-15,24H,16H2,1-3H3. The van der Waals surface area contributed by atoms with Crippen LogP contribution in [0.1, 0.15) is 17.0 Å². The summed E-state index contributed by atoms with van der Waals surface area (Å²) in [7, 11) is 4.42. The fourth-order valence-electron chi connectivity index (χ4n) is 3.76. The molecule has 1 heterocycles. The predicted octanol–water partition coefficient (Wildman–Crippen LogP) is 4.15. The topological polar surface area (TPSA) is 79.1 Å². The number of thiazole rings is 1. The maximum absolute atomic E-state index is 13.6. The number of hydrogen-bond acceptors (Lipinski definition) is 6. The molecule has 1 amide bonds. The summed E-state index contributed by atoms with van der Waals surface area (Å²) in [6, 6.07) is 22.6. The van der Waals surface area contributed by atoms with Gasteiger partial charge in [-0.25, -0.2) is 0 Å². The number of amides is 1.